The van der Waals surface area contributed by atoms with E-state index in [2.05, 4.69) is 10.6 Å². The molecule has 1 atom stereocenters. The Kier molecular flexibility index (Phi) is 6.09. The fourth-order valence-electron chi connectivity index (χ4n) is 2.86. The maximum absolute atomic E-state index is 12.6. The van der Waals surface area contributed by atoms with Gasteiger partial charge in [-0.15, -0.1) is 0 Å². The minimum absolute atomic E-state index is 0.0689. The van der Waals surface area contributed by atoms with Crippen LogP contribution in [0.25, 0.3) is 0 Å². The molecule has 28 heavy (non-hydrogen) atoms. The second-order valence-electron chi connectivity index (χ2n) is 6.77. The molecule has 3 rings (SSSR count). The quantitative estimate of drug-likeness (QED) is 0.727. The summed E-state index contributed by atoms with van der Waals surface area (Å²) in [5.41, 5.74) is 2.05. The van der Waals surface area contributed by atoms with Gasteiger partial charge in [-0.3, -0.25) is 9.59 Å². The Labute approximate surface area is 169 Å². The van der Waals surface area contributed by atoms with E-state index < -0.39 is 0 Å². The maximum atomic E-state index is 12.6. The molecule has 0 heterocycles. The highest BCUT2D eigenvalue weighted by atomic mass is 35.5. The van der Waals surface area contributed by atoms with Crippen LogP contribution in [0.1, 0.15) is 41.7 Å². The number of methoxy groups -OCH3 is 2. The second-order valence-corrected chi connectivity index (χ2v) is 7.18. The normalized spacial score (nSPS) is 14.1. The number of rotatable bonds is 7. The van der Waals surface area contributed by atoms with Crippen LogP contribution in [0.15, 0.2) is 36.4 Å². The molecular formula is C21H23ClN2O4. The van der Waals surface area contributed by atoms with E-state index in [0.29, 0.717) is 22.1 Å². The van der Waals surface area contributed by atoms with Gasteiger partial charge in [0.1, 0.15) is 0 Å². The van der Waals surface area contributed by atoms with Gasteiger partial charge in [0, 0.05) is 17.2 Å². The van der Waals surface area contributed by atoms with Crippen molar-refractivity contribution in [2.24, 2.45) is 5.92 Å². The number of carbonyl (C=O) groups excluding carboxylic acids is 2. The van der Waals surface area contributed by atoms with Crippen LogP contribution >= 0.6 is 11.6 Å². The lowest BCUT2D eigenvalue weighted by Crippen LogP contribution is -2.26. The van der Waals surface area contributed by atoms with Gasteiger partial charge in [0.25, 0.3) is 5.91 Å². The molecule has 148 valence electrons. The van der Waals surface area contributed by atoms with Crippen LogP contribution < -0.4 is 20.1 Å². The van der Waals surface area contributed by atoms with E-state index >= 15 is 0 Å². The highest BCUT2D eigenvalue weighted by molar-refractivity contribution is 6.32. The molecule has 0 saturated heterocycles. The smallest absolute Gasteiger partial charge is 0.251 e. The van der Waals surface area contributed by atoms with Crippen molar-refractivity contribution in [3.05, 3.63) is 52.5 Å². The number of carbonyl (C=O) groups is 2. The summed E-state index contributed by atoms with van der Waals surface area (Å²) in [5.74, 6) is 0.730. The number of nitrogens with one attached hydrogen (secondary N) is 2. The molecule has 7 heteroatoms. The largest absolute Gasteiger partial charge is 0.493 e. The van der Waals surface area contributed by atoms with Gasteiger partial charge in [0.2, 0.25) is 5.91 Å². The molecule has 1 saturated carbocycles. The predicted octanol–water partition coefficient (Wildman–Crippen LogP) is 4.20. The van der Waals surface area contributed by atoms with Crippen LogP contribution in [0.3, 0.4) is 0 Å². The van der Waals surface area contributed by atoms with Gasteiger partial charge < -0.3 is 20.1 Å². The highest BCUT2D eigenvalue weighted by Gasteiger charge is 2.29. The van der Waals surface area contributed by atoms with Crippen molar-refractivity contribution < 1.29 is 19.1 Å². The lowest BCUT2D eigenvalue weighted by Gasteiger charge is -2.16. The van der Waals surface area contributed by atoms with Crippen molar-refractivity contribution in [3.8, 4) is 11.5 Å². The number of hydrogen-bond acceptors (Lipinski definition) is 4. The Morgan fingerprint density at radius 1 is 1.11 bits per heavy atom. The zero-order valence-electron chi connectivity index (χ0n) is 16.0. The van der Waals surface area contributed by atoms with Crippen LogP contribution in [0.4, 0.5) is 5.69 Å². The summed E-state index contributed by atoms with van der Waals surface area (Å²) >= 11 is 6.18. The predicted molar refractivity (Wildman–Crippen MR) is 108 cm³/mol. The zero-order chi connectivity index (χ0) is 20.3. The Morgan fingerprint density at radius 2 is 1.79 bits per heavy atom. The molecule has 1 unspecified atom stereocenters. The lowest BCUT2D eigenvalue weighted by molar-refractivity contribution is -0.117. The summed E-state index contributed by atoms with van der Waals surface area (Å²) < 4.78 is 10.4. The first-order chi connectivity index (χ1) is 13.4. The number of anilines is 1. The summed E-state index contributed by atoms with van der Waals surface area (Å²) in [6, 6.07) is 10.3. The second kappa shape index (κ2) is 8.52. The van der Waals surface area contributed by atoms with E-state index in [1.807, 2.05) is 31.2 Å². The summed E-state index contributed by atoms with van der Waals surface area (Å²) in [4.78, 5) is 24.4. The Hall–Kier alpha value is -2.73. The number of hydrogen-bond donors (Lipinski definition) is 2. The van der Waals surface area contributed by atoms with E-state index in [4.69, 9.17) is 21.1 Å². The number of benzene rings is 2. The third kappa shape index (κ3) is 4.57. The average Bonchev–Trinajstić information content (AvgIpc) is 3.53. The molecule has 1 fully saturated rings. The van der Waals surface area contributed by atoms with Crippen molar-refractivity contribution in [3.63, 3.8) is 0 Å². The minimum Gasteiger partial charge on any atom is -0.493 e. The fourth-order valence-corrected chi connectivity index (χ4v) is 3.15. The SMILES string of the molecule is COc1cc(C(=O)NC(C)c2ccc(NC(=O)C3CC3)cc2)cc(Cl)c1OC. The highest BCUT2D eigenvalue weighted by Crippen LogP contribution is 2.36. The molecular weight excluding hydrogens is 380 g/mol. The van der Waals surface area contributed by atoms with Crippen molar-refractivity contribution in [1.29, 1.82) is 0 Å². The molecule has 0 bridgehead atoms. The third-order valence-corrected chi connectivity index (χ3v) is 4.95. The van der Waals surface area contributed by atoms with Crippen LogP contribution in [0.5, 0.6) is 11.5 Å². The molecule has 0 aliphatic heterocycles. The minimum atomic E-state index is -0.276. The topological polar surface area (TPSA) is 76.7 Å². The molecule has 1 aliphatic rings. The van der Waals surface area contributed by atoms with Gasteiger partial charge in [-0.1, -0.05) is 23.7 Å². The third-order valence-electron chi connectivity index (χ3n) is 4.67. The van der Waals surface area contributed by atoms with Crippen LogP contribution in [0, 0.1) is 5.92 Å². The molecule has 0 radical (unpaired) electrons. The van der Waals surface area contributed by atoms with Gasteiger partial charge in [0.05, 0.1) is 25.3 Å². The fraction of sp³-hybridized carbons (Fsp3) is 0.333. The van der Waals surface area contributed by atoms with Gasteiger partial charge in [-0.25, -0.2) is 0 Å². The van der Waals surface area contributed by atoms with Gasteiger partial charge >= 0.3 is 0 Å². The maximum Gasteiger partial charge on any atom is 0.251 e. The molecule has 0 spiro atoms. The number of ether oxygens (including phenoxy) is 2. The van der Waals surface area contributed by atoms with Crippen LogP contribution in [0.2, 0.25) is 5.02 Å². The molecule has 6 nitrogen and oxygen atoms in total. The van der Waals surface area contributed by atoms with Gasteiger partial charge in [-0.2, -0.15) is 0 Å². The van der Waals surface area contributed by atoms with E-state index in [9.17, 15) is 9.59 Å². The van der Waals surface area contributed by atoms with Crippen LogP contribution in [-0.2, 0) is 4.79 Å². The zero-order valence-corrected chi connectivity index (χ0v) is 16.8. The molecule has 2 aromatic rings. The van der Waals surface area contributed by atoms with Gasteiger partial charge in [-0.05, 0) is 49.6 Å². The first kappa shape index (κ1) is 20.0. The Bertz CT molecular complexity index is 879. The summed E-state index contributed by atoms with van der Waals surface area (Å²) in [5, 5.41) is 6.14. The molecule has 2 aromatic carbocycles. The van der Waals surface area contributed by atoms with E-state index in [1.165, 1.54) is 14.2 Å². The summed E-state index contributed by atoms with van der Waals surface area (Å²) in [7, 11) is 2.98. The first-order valence-electron chi connectivity index (χ1n) is 9.06. The first-order valence-corrected chi connectivity index (χ1v) is 9.44. The number of amides is 2. The molecule has 2 amide bonds. The molecule has 2 N–H and O–H groups in total. The average molecular weight is 403 g/mol. The van der Waals surface area contributed by atoms with Crippen LogP contribution in [-0.4, -0.2) is 26.0 Å². The standard InChI is InChI=1S/C21H23ClN2O4/c1-12(13-6-8-16(9-7-13)24-20(25)14-4-5-14)23-21(26)15-10-17(22)19(28-3)18(11-15)27-2/h6-12,14H,4-5H2,1-3H3,(H,23,26)(H,24,25). The van der Waals surface area contributed by atoms with Gasteiger partial charge in [0.15, 0.2) is 11.5 Å². The number of halogens is 1. The van der Waals surface area contributed by atoms with E-state index in [1.54, 1.807) is 12.1 Å². The van der Waals surface area contributed by atoms with Crippen molar-refractivity contribution in [1.82, 2.24) is 5.32 Å². The Balaban J connectivity index is 1.66. The summed E-state index contributed by atoms with van der Waals surface area (Å²) in [6.07, 6.45) is 1.93. The van der Waals surface area contributed by atoms with Crippen molar-refractivity contribution in [2.75, 3.05) is 19.5 Å². The van der Waals surface area contributed by atoms with Crippen molar-refractivity contribution in [2.45, 2.75) is 25.8 Å². The Morgan fingerprint density at radius 3 is 2.36 bits per heavy atom. The molecule has 0 aromatic heterocycles. The van der Waals surface area contributed by atoms with E-state index in [-0.39, 0.29) is 23.8 Å². The summed E-state index contributed by atoms with van der Waals surface area (Å²) in [6.45, 7) is 1.89. The van der Waals surface area contributed by atoms with Crippen molar-refractivity contribution >= 4 is 29.1 Å². The molecule has 1 aliphatic carbocycles. The monoisotopic (exact) mass is 402 g/mol. The van der Waals surface area contributed by atoms with E-state index in [0.717, 1.165) is 24.1 Å². The lowest BCUT2D eigenvalue weighted by atomic mass is 10.1.